The molecule has 1 fully saturated rings. The van der Waals surface area contributed by atoms with Crippen LogP contribution < -0.4 is 0 Å². The summed E-state index contributed by atoms with van der Waals surface area (Å²) >= 11 is 4.05. The van der Waals surface area contributed by atoms with Crippen molar-refractivity contribution in [2.24, 2.45) is 0 Å². The topological polar surface area (TPSA) is 29.5 Å². The second kappa shape index (κ2) is 2.40. The van der Waals surface area contributed by atoms with E-state index < -0.39 is 5.60 Å². The predicted octanol–water partition coefficient (Wildman–Crippen LogP) is 0.846. The molecule has 0 bridgehead atoms. The van der Waals surface area contributed by atoms with Gasteiger partial charge in [-0.1, -0.05) is 0 Å². The first-order chi connectivity index (χ1) is 4.47. The van der Waals surface area contributed by atoms with Crippen molar-refractivity contribution >= 4 is 12.6 Å². The second-order valence-electron chi connectivity index (χ2n) is 3.61. The molecule has 1 aliphatic heterocycles. The molecule has 0 saturated carbocycles. The van der Waals surface area contributed by atoms with E-state index in [2.05, 4.69) is 12.6 Å². The zero-order valence-corrected chi connectivity index (χ0v) is 7.32. The van der Waals surface area contributed by atoms with E-state index in [1.54, 1.807) is 0 Å². The zero-order valence-electron chi connectivity index (χ0n) is 6.42. The Morgan fingerprint density at radius 3 is 2.40 bits per heavy atom. The van der Waals surface area contributed by atoms with Gasteiger partial charge in [0.1, 0.15) is 0 Å². The molecule has 1 atom stereocenters. The number of hydrogen-bond donors (Lipinski definition) is 2. The summed E-state index contributed by atoms with van der Waals surface area (Å²) in [5, 5.41) is 9.63. The highest BCUT2D eigenvalue weighted by Crippen LogP contribution is 2.32. The summed E-state index contributed by atoms with van der Waals surface area (Å²) in [4.78, 5) is 0. The van der Waals surface area contributed by atoms with Crippen LogP contribution in [0, 0.1) is 0 Å². The minimum atomic E-state index is -0.688. The minimum Gasteiger partial charge on any atom is -0.387 e. The summed E-state index contributed by atoms with van der Waals surface area (Å²) in [6, 6.07) is 0. The van der Waals surface area contributed by atoms with Gasteiger partial charge in [-0.2, -0.15) is 12.6 Å². The maximum atomic E-state index is 9.63. The van der Waals surface area contributed by atoms with Crippen molar-refractivity contribution < 1.29 is 9.84 Å². The molecule has 1 rings (SSSR count). The zero-order chi connectivity index (χ0) is 7.83. The highest BCUT2D eigenvalue weighted by Gasteiger charge is 2.41. The molecule has 60 valence electrons. The second-order valence-corrected chi connectivity index (χ2v) is 3.92. The lowest BCUT2D eigenvalue weighted by Gasteiger charge is -2.19. The van der Waals surface area contributed by atoms with Crippen LogP contribution in [0.4, 0.5) is 0 Å². The van der Waals surface area contributed by atoms with Crippen molar-refractivity contribution in [3.05, 3.63) is 0 Å². The fourth-order valence-electron chi connectivity index (χ4n) is 1.33. The Kier molecular flexibility index (Phi) is 2.00. The fourth-order valence-corrected chi connectivity index (χ4v) is 1.53. The maximum Gasteiger partial charge on any atom is 0.0994 e. The van der Waals surface area contributed by atoms with Crippen molar-refractivity contribution in [3.63, 3.8) is 0 Å². The van der Waals surface area contributed by atoms with Crippen LogP contribution in [0.5, 0.6) is 0 Å². The summed E-state index contributed by atoms with van der Waals surface area (Å²) in [6.07, 6.45) is 0.684. The number of thiol groups is 1. The summed E-state index contributed by atoms with van der Waals surface area (Å²) in [7, 11) is 0. The first kappa shape index (κ1) is 8.37. The average Bonchev–Trinajstić information content (AvgIpc) is 2.08. The molecule has 0 aromatic carbocycles. The lowest BCUT2D eigenvalue weighted by molar-refractivity contribution is 0.0150. The Hall–Kier alpha value is 0.270. The first-order valence-corrected chi connectivity index (χ1v) is 4.08. The van der Waals surface area contributed by atoms with E-state index in [1.807, 2.05) is 13.8 Å². The van der Waals surface area contributed by atoms with E-state index >= 15 is 0 Å². The molecule has 1 N–H and O–H groups in total. The van der Waals surface area contributed by atoms with Crippen molar-refractivity contribution in [1.82, 2.24) is 0 Å². The number of hydrogen-bond acceptors (Lipinski definition) is 3. The predicted molar refractivity (Wildman–Crippen MR) is 43.5 cm³/mol. The molecule has 1 aliphatic rings. The van der Waals surface area contributed by atoms with Crippen LogP contribution in [0.15, 0.2) is 0 Å². The van der Waals surface area contributed by atoms with Gasteiger partial charge < -0.3 is 9.84 Å². The van der Waals surface area contributed by atoms with Crippen molar-refractivity contribution in [1.29, 1.82) is 0 Å². The van der Waals surface area contributed by atoms with Crippen LogP contribution >= 0.6 is 12.6 Å². The highest BCUT2D eigenvalue weighted by atomic mass is 32.1. The minimum absolute atomic E-state index is 0.169. The Morgan fingerprint density at radius 1 is 1.60 bits per heavy atom. The van der Waals surface area contributed by atoms with Crippen LogP contribution in [0.3, 0.4) is 0 Å². The molecule has 2 nitrogen and oxygen atoms in total. The van der Waals surface area contributed by atoms with Gasteiger partial charge in [-0.15, -0.1) is 0 Å². The SMILES string of the molecule is CC1(C)CC(O)(CS)CO1. The molecule has 1 heterocycles. The van der Waals surface area contributed by atoms with Gasteiger partial charge in [-0.3, -0.25) is 0 Å². The third-order valence-corrected chi connectivity index (χ3v) is 2.37. The van der Waals surface area contributed by atoms with Gasteiger partial charge in [-0.25, -0.2) is 0 Å². The average molecular weight is 162 g/mol. The van der Waals surface area contributed by atoms with Crippen LogP contribution in [0.1, 0.15) is 20.3 Å². The molecule has 10 heavy (non-hydrogen) atoms. The summed E-state index contributed by atoms with van der Waals surface area (Å²) in [5.41, 5.74) is -0.857. The molecule has 0 radical (unpaired) electrons. The molecule has 3 heteroatoms. The summed E-state index contributed by atoms with van der Waals surface area (Å²) in [5.74, 6) is 0.483. The molecule has 0 spiro atoms. The van der Waals surface area contributed by atoms with Crippen LogP contribution in [-0.2, 0) is 4.74 Å². The van der Waals surface area contributed by atoms with E-state index in [-0.39, 0.29) is 5.60 Å². The van der Waals surface area contributed by atoms with E-state index in [0.29, 0.717) is 18.8 Å². The highest BCUT2D eigenvalue weighted by molar-refractivity contribution is 7.80. The van der Waals surface area contributed by atoms with Crippen molar-refractivity contribution in [3.8, 4) is 0 Å². The van der Waals surface area contributed by atoms with E-state index in [9.17, 15) is 5.11 Å². The fraction of sp³-hybridized carbons (Fsp3) is 1.00. The van der Waals surface area contributed by atoms with Gasteiger partial charge in [0.05, 0.1) is 17.8 Å². The molecule has 0 aliphatic carbocycles. The van der Waals surface area contributed by atoms with Crippen molar-refractivity contribution in [2.75, 3.05) is 12.4 Å². The number of ether oxygens (including phenoxy) is 1. The van der Waals surface area contributed by atoms with E-state index in [0.717, 1.165) is 0 Å². The van der Waals surface area contributed by atoms with Crippen LogP contribution in [0.25, 0.3) is 0 Å². The normalized spacial score (nSPS) is 38.4. The molecule has 0 aromatic heterocycles. The van der Waals surface area contributed by atoms with Gasteiger partial charge in [-0.05, 0) is 13.8 Å². The van der Waals surface area contributed by atoms with Gasteiger partial charge in [0.15, 0.2) is 0 Å². The summed E-state index contributed by atoms with van der Waals surface area (Å²) in [6.45, 7) is 4.38. The standard InChI is InChI=1S/C7H14O2S/c1-6(2)3-7(8,5-10)4-9-6/h8,10H,3-5H2,1-2H3. The lowest BCUT2D eigenvalue weighted by atomic mass is 9.96. The molecular weight excluding hydrogens is 148 g/mol. The first-order valence-electron chi connectivity index (χ1n) is 3.45. The Balaban J connectivity index is 2.57. The molecule has 0 amide bonds. The largest absolute Gasteiger partial charge is 0.387 e. The van der Waals surface area contributed by atoms with Gasteiger partial charge in [0.25, 0.3) is 0 Å². The van der Waals surface area contributed by atoms with E-state index in [4.69, 9.17) is 4.74 Å². The Labute approximate surface area is 67.0 Å². The van der Waals surface area contributed by atoms with Gasteiger partial charge in [0, 0.05) is 12.2 Å². The Bertz CT molecular complexity index is 136. The third-order valence-electron chi connectivity index (χ3n) is 1.78. The monoisotopic (exact) mass is 162 g/mol. The lowest BCUT2D eigenvalue weighted by Crippen LogP contribution is -2.32. The maximum absolute atomic E-state index is 9.63. The van der Waals surface area contributed by atoms with Crippen LogP contribution in [-0.4, -0.2) is 28.7 Å². The number of rotatable bonds is 1. The van der Waals surface area contributed by atoms with E-state index in [1.165, 1.54) is 0 Å². The van der Waals surface area contributed by atoms with Gasteiger partial charge in [0.2, 0.25) is 0 Å². The Morgan fingerprint density at radius 2 is 2.20 bits per heavy atom. The number of aliphatic hydroxyl groups is 1. The third kappa shape index (κ3) is 1.65. The smallest absolute Gasteiger partial charge is 0.0994 e. The van der Waals surface area contributed by atoms with Crippen LogP contribution in [0.2, 0.25) is 0 Å². The van der Waals surface area contributed by atoms with Gasteiger partial charge >= 0.3 is 0 Å². The molecule has 1 saturated heterocycles. The molecule has 0 aromatic rings. The van der Waals surface area contributed by atoms with Crippen molar-refractivity contribution in [2.45, 2.75) is 31.5 Å². The summed E-state index contributed by atoms with van der Waals surface area (Å²) < 4.78 is 5.35. The molecular formula is C7H14O2S. The molecule has 1 unspecified atom stereocenters. The quantitative estimate of drug-likeness (QED) is 0.560.